The topological polar surface area (TPSA) is 63.4 Å². The highest BCUT2D eigenvalue weighted by molar-refractivity contribution is 7.20. The van der Waals surface area contributed by atoms with Crippen LogP contribution in [0.4, 0.5) is 0 Å². The van der Waals surface area contributed by atoms with Gasteiger partial charge in [0.15, 0.2) is 5.78 Å². The van der Waals surface area contributed by atoms with Crippen LogP contribution < -0.4 is 5.73 Å². The van der Waals surface area contributed by atoms with Gasteiger partial charge in [-0.3, -0.25) is 14.5 Å². The third-order valence-electron chi connectivity index (χ3n) is 3.31. The number of amides is 1. The normalized spacial score (nSPS) is 17.6. The Hall–Kier alpha value is -0.620. The lowest BCUT2D eigenvalue weighted by molar-refractivity contribution is -0.123. The number of nitrogens with zero attached hydrogens (tertiary/aromatic N) is 1. The Morgan fingerprint density at radius 3 is 2.47 bits per heavy atom. The van der Waals surface area contributed by atoms with Crippen LogP contribution in [-0.4, -0.2) is 36.2 Å². The van der Waals surface area contributed by atoms with Gasteiger partial charge in [-0.15, -0.1) is 11.3 Å². The standard InChI is InChI=1S/C12H14Cl2N2O2S/c13-10-5-8(11(14)19-10)9(17)6-16-3-1-7(2-4-16)12(15)18/h5,7H,1-4,6H2,(H2,15,18). The molecule has 104 valence electrons. The van der Waals surface area contributed by atoms with Crippen molar-refractivity contribution in [1.29, 1.82) is 0 Å². The summed E-state index contributed by atoms with van der Waals surface area (Å²) >= 11 is 13.0. The molecule has 7 heteroatoms. The van der Waals surface area contributed by atoms with E-state index in [2.05, 4.69) is 0 Å². The van der Waals surface area contributed by atoms with Crippen molar-refractivity contribution in [3.8, 4) is 0 Å². The molecule has 0 bridgehead atoms. The molecule has 0 saturated carbocycles. The molecular weight excluding hydrogens is 307 g/mol. The summed E-state index contributed by atoms with van der Waals surface area (Å²) in [7, 11) is 0. The van der Waals surface area contributed by atoms with Crippen LogP contribution in [0.15, 0.2) is 6.07 Å². The van der Waals surface area contributed by atoms with Crippen molar-refractivity contribution in [3.05, 3.63) is 20.3 Å². The Morgan fingerprint density at radius 2 is 2.00 bits per heavy atom. The highest BCUT2D eigenvalue weighted by Crippen LogP contribution is 2.31. The van der Waals surface area contributed by atoms with E-state index in [0.29, 0.717) is 46.7 Å². The number of primary amides is 1. The van der Waals surface area contributed by atoms with E-state index in [1.807, 2.05) is 4.90 Å². The van der Waals surface area contributed by atoms with Crippen molar-refractivity contribution in [1.82, 2.24) is 4.90 Å². The number of nitrogens with two attached hydrogens (primary N) is 1. The molecule has 2 heterocycles. The number of ketones is 1. The molecule has 0 unspecified atom stereocenters. The molecule has 2 N–H and O–H groups in total. The molecule has 0 aromatic carbocycles. The molecule has 1 fully saturated rings. The fourth-order valence-electron chi connectivity index (χ4n) is 2.19. The Morgan fingerprint density at radius 1 is 1.37 bits per heavy atom. The fourth-order valence-corrected chi connectivity index (χ4v) is 3.69. The molecule has 1 amide bonds. The minimum Gasteiger partial charge on any atom is -0.369 e. The number of halogens is 2. The van der Waals surface area contributed by atoms with Crippen LogP contribution in [0.2, 0.25) is 8.67 Å². The third kappa shape index (κ3) is 3.69. The van der Waals surface area contributed by atoms with Crippen LogP contribution in [0.25, 0.3) is 0 Å². The molecule has 1 aromatic heterocycles. The Balaban J connectivity index is 1.91. The molecule has 0 aliphatic carbocycles. The van der Waals surface area contributed by atoms with E-state index in [-0.39, 0.29) is 17.6 Å². The molecule has 1 aliphatic rings. The van der Waals surface area contributed by atoms with Gasteiger partial charge in [-0.05, 0) is 32.0 Å². The van der Waals surface area contributed by atoms with Crippen molar-refractivity contribution >= 4 is 46.2 Å². The third-order valence-corrected chi connectivity index (χ3v) is 4.80. The maximum Gasteiger partial charge on any atom is 0.220 e. The summed E-state index contributed by atoms with van der Waals surface area (Å²) in [5.74, 6) is -0.352. The van der Waals surface area contributed by atoms with E-state index in [9.17, 15) is 9.59 Å². The minimum absolute atomic E-state index is 0.0364. The number of piperidine rings is 1. The molecule has 0 radical (unpaired) electrons. The smallest absolute Gasteiger partial charge is 0.220 e. The first-order valence-electron chi connectivity index (χ1n) is 5.97. The van der Waals surface area contributed by atoms with E-state index >= 15 is 0 Å². The van der Waals surface area contributed by atoms with E-state index in [1.165, 1.54) is 11.3 Å². The highest BCUT2D eigenvalue weighted by Gasteiger charge is 2.25. The van der Waals surface area contributed by atoms with Gasteiger partial charge in [0.1, 0.15) is 4.34 Å². The Bertz CT molecular complexity index is 496. The van der Waals surface area contributed by atoms with Gasteiger partial charge in [0.2, 0.25) is 5.91 Å². The second-order valence-electron chi connectivity index (χ2n) is 4.61. The van der Waals surface area contributed by atoms with Gasteiger partial charge < -0.3 is 5.73 Å². The lowest BCUT2D eigenvalue weighted by atomic mass is 9.96. The van der Waals surface area contributed by atoms with Crippen molar-refractivity contribution < 1.29 is 9.59 Å². The molecular formula is C12H14Cl2N2O2S. The lowest BCUT2D eigenvalue weighted by Crippen LogP contribution is -2.40. The molecule has 0 spiro atoms. The summed E-state index contributed by atoms with van der Waals surface area (Å²) in [6.45, 7) is 1.71. The van der Waals surface area contributed by atoms with Crippen LogP contribution in [0.1, 0.15) is 23.2 Å². The van der Waals surface area contributed by atoms with Crippen LogP contribution in [0.5, 0.6) is 0 Å². The number of thiophene rings is 1. The zero-order chi connectivity index (χ0) is 14.0. The molecule has 19 heavy (non-hydrogen) atoms. The van der Waals surface area contributed by atoms with E-state index in [4.69, 9.17) is 28.9 Å². The summed E-state index contributed by atoms with van der Waals surface area (Å²) in [5.41, 5.74) is 5.75. The van der Waals surface area contributed by atoms with Gasteiger partial charge in [-0.2, -0.15) is 0 Å². The number of likely N-dealkylation sites (tertiary alicyclic amines) is 1. The SMILES string of the molecule is NC(=O)C1CCN(CC(=O)c2cc(Cl)sc2Cl)CC1. The number of hydrogen-bond acceptors (Lipinski definition) is 4. The van der Waals surface area contributed by atoms with E-state index in [0.717, 1.165) is 0 Å². The van der Waals surface area contributed by atoms with Crippen molar-refractivity contribution in [3.63, 3.8) is 0 Å². The summed E-state index contributed by atoms with van der Waals surface area (Å²) in [5, 5.41) is 0. The Labute approximate surface area is 125 Å². The fraction of sp³-hybridized carbons (Fsp3) is 0.500. The minimum atomic E-state index is -0.251. The average molecular weight is 321 g/mol. The molecule has 0 atom stereocenters. The maximum atomic E-state index is 12.1. The molecule has 4 nitrogen and oxygen atoms in total. The first-order valence-corrected chi connectivity index (χ1v) is 7.54. The molecule has 1 aromatic rings. The van der Waals surface area contributed by atoms with Gasteiger partial charge in [-0.1, -0.05) is 23.2 Å². The molecule has 1 aliphatic heterocycles. The van der Waals surface area contributed by atoms with Crippen LogP contribution >= 0.6 is 34.5 Å². The van der Waals surface area contributed by atoms with Crippen LogP contribution in [0.3, 0.4) is 0 Å². The Kier molecular flexibility index (Phi) is 4.84. The van der Waals surface area contributed by atoms with Crippen LogP contribution in [-0.2, 0) is 4.79 Å². The molecule has 1 saturated heterocycles. The maximum absolute atomic E-state index is 12.1. The van der Waals surface area contributed by atoms with Crippen molar-refractivity contribution in [2.24, 2.45) is 11.7 Å². The average Bonchev–Trinajstić information content (AvgIpc) is 2.69. The first-order chi connectivity index (χ1) is 8.97. The predicted molar refractivity (Wildman–Crippen MR) is 77.0 cm³/mol. The summed E-state index contributed by atoms with van der Waals surface area (Å²) in [6.07, 6.45) is 1.42. The van der Waals surface area contributed by atoms with Gasteiger partial charge >= 0.3 is 0 Å². The van der Waals surface area contributed by atoms with Gasteiger partial charge in [0, 0.05) is 5.92 Å². The largest absolute Gasteiger partial charge is 0.369 e. The molecule has 2 rings (SSSR count). The van der Waals surface area contributed by atoms with Crippen molar-refractivity contribution in [2.75, 3.05) is 19.6 Å². The van der Waals surface area contributed by atoms with Gasteiger partial charge in [0.25, 0.3) is 0 Å². The zero-order valence-corrected chi connectivity index (χ0v) is 12.5. The summed E-state index contributed by atoms with van der Waals surface area (Å²) < 4.78 is 0.947. The lowest BCUT2D eigenvalue weighted by Gasteiger charge is -2.29. The number of rotatable bonds is 4. The second kappa shape index (κ2) is 6.22. The summed E-state index contributed by atoms with van der Waals surface area (Å²) in [4.78, 5) is 25.2. The van der Waals surface area contributed by atoms with Crippen LogP contribution in [0, 0.1) is 5.92 Å². The predicted octanol–water partition coefficient (Wildman–Crippen LogP) is 2.43. The highest BCUT2D eigenvalue weighted by atomic mass is 35.5. The monoisotopic (exact) mass is 320 g/mol. The first kappa shape index (κ1) is 14.8. The van der Waals surface area contributed by atoms with E-state index < -0.39 is 0 Å². The van der Waals surface area contributed by atoms with Gasteiger partial charge in [-0.25, -0.2) is 0 Å². The zero-order valence-electron chi connectivity index (χ0n) is 10.2. The van der Waals surface area contributed by atoms with Crippen molar-refractivity contribution in [2.45, 2.75) is 12.8 Å². The number of carbonyl (C=O) groups is 2. The van der Waals surface area contributed by atoms with Gasteiger partial charge in [0.05, 0.1) is 16.4 Å². The number of carbonyl (C=O) groups excluding carboxylic acids is 2. The number of Topliss-reactive ketones (excluding diaryl/α,β-unsaturated/α-hetero) is 1. The summed E-state index contributed by atoms with van der Waals surface area (Å²) in [6, 6.07) is 1.60. The number of hydrogen-bond donors (Lipinski definition) is 1. The second-order valence-corrected chi connectivity index (χ2v) is 6.90. The quantitative estimate of drug-likeness (QED) is 0.866. The van der Waals surface area contributed by atoms with E-state index in [1.54, 1.807) is 6.07 Å².